The normalized spacial score (nSPS) is 12.6. The molecule has 0 saturated heterocycles. The third-order valence-corrected chi connectivity index (χ3v) is 3.28. The Morgan fingerprint density at radius 2 is 2.05 bits per heavy atom. The molecule has 3 N–H and O–H groups in total. The third-order valence-electron chi connectivity index (χ3n) is 3.28. The summed E-state index contributed by atoms with van der Waals surface area (Å²) in [4.78, 5) is 23.4. The van der Waals surface area contributed by atoms with Gasteiger partial charge in [-0.05, 0) is 37.0 Å². The molecule has 5 heteroatoms. The maximum atomic E-state index is 12.0. The van der Waals surface area contributed by atoms with Crippen LogP contribution in [0.2, 0.25) is 0 Å². The molecule has 0 aliphatic carbocycles. The van der Waals surface area contributed by atoms with Crippen LogP contribution >= 0.6 is 0 Å². The van der Waals surface area contributed by atoms with Gasteiger partial charge in [0.05, 0.1) is 6.04 Å². The molecule has 1 amide bonds. The lowest BCUT2D eigenvalue weighted by Gasteiger charge is -2.14. The number of carbonyl (C=O) groups excluding carboxylic acids is 1. The van der Waals surface area contributed by atoms with E-state index in [9.17, 15) is 9.59 Å². The molecular weight excluding hydrogens is 268 g/mol. The lowest BCUT2D eigenvalue weighted by molar-refractivity contribution is -0.117. The van der Waals surface area contributed by atoms with Gasteiger partial charge in [-0.1, -0.05) is 13.8 Å². The summed E-state index contributed by atoms with van der Waals surface area (Å²) in [6.45, 7) is 5.87. The summed E-state index contributed by atoms with van der Waals surface area (Å²) in [6.07, 6.45) is 0.619. The standard InChI is InChI=1S/C16H20N2O3/c1-9(2)6-13(17)16(20)18-11-4-5-12-10(3)7-15(19)21-14(12)8-11/h4-5,7-9,13H,6,17H2,1-3H3,(H,18,20). The minimum Gasteiger partial charge on any atom is -0.423 e. The van der Waals surface area contributed by atoms with Gasteiger partial charge >= 0.3 is 5.63 Å². The number of benzene rings is 1. The van der Waals surface area contributed by atoms with Crippen molar-refractivity contribution in [2.75, 3.05) is 5.32 Å². The number of nitrogens with two attached hydrogens (primary N) is 1. The number of nitrogens with one attached hydrogen (secondary N) is 1. The van der Waals surface area contributed by atoms with Crippen LogP contribution in [0.15, 0.2) is 33.5 Å². The van der Waals surface area contributed by atoms with Gasteiger partial charge in [0.1, 0.15) is 5.58 Å². The first-order chi connectivity index (χ1) is 9.86. The number of fused-ring (bicyclic) bond motifs is 1. The van der Waals surface area contributed by atoms with Gasteiger partial charge in [0, 0.05) is 23.2 Å². The van der Waals surface area contributed by atoms with Crippen LogP contribution in [0.1, 0.15) is 25.8 Å². The van der Waals surface area contributed by atoms with E-state index >= 15 is 0 Å². The SMILES string of the molecule is Cc1cc(=O)oc2cc(NC(=O)C(N)CC(C)C)ccc12. The molecule has 112 valence electrons. The Balaban J connectivity index is 2.23. The highest BCUT2D eigenvalue weighted by atomic mass is 16.4. The molecule has 1 heterocycles. The minimum atomic E-state index is -0.551. The summed E-state index contributed by atoms with van der Waals surface area (Å²) in [5.41, 5.74) is 7.31. The molecule has 0 aliphatic heterocycles. The van der Waals surface area contributed by atoms with Gasteiger partial charge in [0.15, 0.2) is 0 Å². The Hall–Kier alpha value is -2.14. The van der Waals surface area contributed by atoms with Gasteiger partial charge < -0.3 is 15.5 Å². The molecule has 2 rings (SSSR count). The van der Waals surface area contributed by atoms with Gasteiger partial charge in [-0.25, -0.2) is 4.79 Å². The molecule has 5 nitrogen and oxygen atoms in total. The Morgan fingerprint density at radius 3 is 2.71 bits per heavy atom. The fourth-order valence-corrected chi connectivity index (χ4v) is 2.25. The van der Waals surface area contributed by atoms with Crippen LogP contribution in [0, 0.1) is 12.8 Å². The van der Waals surface area contributed by atoms with Crippen LogP contribution in [0.25, 0.3) is 11.0 Å². The van der Waals surface area contributed by atoms with E-state index < -0.39 is 11.7 Å². The molecule has 2 aromatic rings. The van der Waals surface area contributed by atoms with Crippen LogP contribution in [-0.2, 0) is 4.79 Å². The van der Waals surface area contributed by atoms with Gasteiger partial charge in [0.25, 0.3) is 0 Å². The number of anilines is 1. The highest BCUT2D eigenvalue weighted by molar-refractivity contribution is 5.96. The van der Waals surface area contributed by atoms with E-state index in [1.54, 1.807) is 12.1 Å². The van der Waals surface area contributed by atoms with E-state index in [1.807, 2.05) is 26.8 Å². The van der Waals surface area contributed by atoms with Crippen LogP contribution in [-0.4, -0.2) is 11.9 Å². The highest BCUT2D eigenvalue weighted by Crippen LogP contribution is 2.21. The molecular formula is C16H20N2O3. The first-order valence-electron chi connectivity index (χ1n) is 6.98. The largest absolute Gasteiger partial charge is 0.423 e. The van der Waals surface area contributed by atoms with Crippen LogP contribution in [0.5, 0.6) is 0 Å². The Labute approximate surface area is 123 Å². The molecule has 0 fully saturated rings. The quantitative estimate of drug-likeness (QED) is 0.846. The zero-order chi connectivity index (χ0) is 15.6. The van der Waals surface area contributed by atoms with Crippen molar-refractivity contribution in [3.05, 3.63) is 40.2 Å². The molecule has 1 unspecified atom stereocenters. The smallest absolute Gasteiger partial charge is 0.336 e. The lowest BCUT2D eigenvalue weighted by Crippen LogP contribution is -2.36. The first kappa shape index (κ1) is 15.3. The zero-order valence-corrected chi connectivity index (χ0v) is 12.5. The number of amides is 1. The van der Waals surface area contributed by atoms with Crippen molar-refractivity contribution in [3.8, 4) is 0 Å². The van der Waals surface area contributed by atoms with Gasteiger partial charge in [0.2, 0.25) is 5.91 Å². The predicted molar refractivity (Wildman–Crippen MR) is 83.3 cm³/mol. The van der Waals surface area contributed by atoms with E-state index in [2.05, 4.69) is 5.32 Å². The Kier molecular flexibility index (Phi) is 4.43. The Morgan fingerprint density at radius 1 is 1.33 bits per heavy atom. The van der Waals surface area contributed by atoms with Gasteiger partial charge in [-0.15, -0.1) is 0 Å². The fraction of sp³-hybridized carbons (Fsp3) is 0.375. The van der Waals surface area contributed by atoms with Crippen molar-refractivity contribution >= 4 is 22.6 Å². The van der Waals surface area contributed by atoms with E-state index in [0.717, 1.165) is 10.9 Å². The maximum absolute atomic E-state index is 12.0. The highest BCUT2D eigenvalue weighted by Gasteiger charge is 2.15. The average Bonchev–Trinajstić information content (AvgIpc) is 2.37. The summed E-state index contributed by atoms with van der Waals surface area (Å²) >= 11 is 0. The molecule has 0 spiro atoms. The van der Waals surface area contributed by atoms with E-state index in [1.165, 1.54) is 6.07 Å². The second kappa shape index (κ2) is 6.10. The number of rotatable bonds is 4. The molecule has 0 bridgehead atoms. The van der Waals surface area contributed by atoms with E-state index in [-0.39, 0.29) is 5.91 Å². The number of hydrogen-bond acceptors (Lipinski definition) is 4. The molecule has 0 radical (unpaired) electrons. The molecule has 0 saturated carbocycles. The van der Waals surface area contributed by atoms with Crippen molar-refractivity contribution in [2.24, 2.45) is 11.7 Å². The lowest BCUT2D eigenvalue weighted by atomic mass is 10.0. The summed E-state index contributed by atoms with van der Waals surface area (Å²) in [7, 11) is 0. The molecule has 1 aromatic heterocycles. The fourth-order valence-electron chi connectivity index (χ4n) is 2.25. The van der Waals surface area contributed by atoms with E-state index in [4.69, 9.17) is 10.2 Å². The number of carbonyl (C=O) groups is 1. The number of hydrogen-bond donors (Lipinski definition) is 2. The zero-order valence-electron chi connectivity index (χ0n) is 12.5. The van der Waals surface area contributed by atoms with Crippen molar-refractivity contribution in [1.29, 1.82) is 0 Å². The third kappa shape index (κ3) is 3.70. The summed E-state index contributed by atoms with van der Waals surface area (Å²) < 4.78 is 5.15. The van der Waals surface area contributed by atoms with Crippen LogP contribution in [0.3, 0.4) is 0 Å². The monoisotopic (exact) mass is 288 g/mol. The second-order valence-electron chi connectivity index (χ2n) is 5.68. The topological polar surface area (TPSA) is 85.3 Å². The summed E-state index contributed by atoms with van der Waals surface area (Å²) in [5, 5.41) is 3.60. The van der Waals surface area contributed by atoms with Gasteiger partial charge in [-0.2, -0.15) is 0 Å². The van der Waals surface area contributed by atoms with Crippen LogP contribution in [0.4, 0.5) is 5.69 Å². The molecule has 1 aromatic carbocycles. The first-order valence-corrected chi connectivity index (χ1v) is 6.98. The van der Waals surface area contributed by atoms with Crippen molar-refractivity contribution in [3.63, 3.8) is 0 Å². The second-order valence-corrected chi connectivity index (χ2v) is 5.68. The predicted octanol–water partition coefficient (Wildman–Crippen LogP) is 2.41. The molecule has 1 atom stereocenters. The van der Waals surface area contributed by atoms with Crippen molar-refractivity contribution in [2.45, 2.75) is 33.2 Å². The minimum absolute atomic E-state index is 0.238. The maximum Gasteiger partial charge on any atom is 0.336 e. The average molecular weight is 288 g/mol. The van der Waals surface area contributed by atoms with Crippen molar-refractivity contribution in [1.82, 2.24) is 0 Å². The van der Waals surface area contributed by atoms with Gasteiger partial charge in [-0.3, -0.25) is 4.79 Å². The number of aryl methyl sites for hydroxylation is 1. The van der Waals surface area contributed by atoms with E-state index in [0.29, 0.717) is 23.6 Å². The Bertz CT molecular complexity index is 719. The summed E-state index contributed by atoms with van der Waals surface area (Å²) in [5.74, 6) is 0.112. The summed E-state index contributed by atoms with van der Waals surface area (Å²) in [6, 6.07) is 6.13. The molecule has 0 aliphatic rings. The van der Waals surface area contributed by atoms with Crippen LogP contribution < -0.4 is 16.7 Å². The van der Waals surface area contributed by atoms with Crippen molar-refractivity contribution < 1.29 is 9.21 Å². The molecule has 21 heavy (non-hydrogen) atoms.